The maximum Gasteiger partial charge on any atom is 0.256 e. The Hall–Kier alpha value is -1.49. The topological polar surface area (TPSA) is 58.1 Å². The maximum absolute atomic E-state index is 12.9. The number of nitrogens with one attached hydrogen (secondary N) is 1. The molecule has 2 atom stereocenters. The van der Waals surface area contributed by atoms with Crippen molar-refractivity contribution in [3.63, 3.8) is 0 Å². The molecular weight excluding hydrogens is 264 g/mol. The minimum Gasteiger partial charge on any atom is -0.336 e. The molecule has 0 spiro atoms. The van der Waals surface area contributed by atoms with Gasteiger partial charge in [-0.25, -0.2) is 0 Å². The molecule has 1 aromatic heterocycles. The third kappa shape index (κ3) is 2.79. The molecule has 1 aromatic rings. The Morgan fingerprint density at radius 1 is 1.29 bits per heavy atom. The zero-order valence-corrected chi connectivity index (χ0v) is 13.1. The number of piperidine rings is 1. The van der Waals surface area contributed by atoms with E-state index >= 15 is 0 Å². The second-order valence-corrected chi connectivity index (χ2v) is 6.34. The summed E-state index contributed by atoms with van der Waals surface area (Å²) in [6.07, 6.45) is 4.66. The highest BCUT2D eigenvalue weighted by atomic mass is 16.2. The van der Waals surface area contributed by atoms with E-state index in [0.717, 1.165) is 30.8 Å². The Bertz CT molecular complexity index is 533. The first-order chi connectivity index (χ1) is 10.1. The molecule has 2 saturated heterocycles. The molecule has 3 rings (SSSR count). The van der Waals surface area contributed by atoms with Crippen LogP contribution in [-0.2, 0) is 0 Å². The summed E-state index contributed by atoms with van der Waals surface area (Å²) in [6, 6.07) is 3.40. The summed E-state index contributed by atoms with van der Waals surface area (Å²) >= 11 is 0. The molecule has 1 amide bonds. The summed E-state index contributed by atoms with van der Waals surface area (Å²) in [5, 5.41) is 11.8. The van der Waals surface area contributed by atoms with Crippen LogP contribution in [-0.4, -0.2) is 45.7 Å². The molecule has 0 radical (unpaired) electrons. The summed E-state index contributed by atoms with van der Waals surface area (Å²) < 4.78 is 0. The lowest BCUT2D eigenvalue weighted by Crippen LogP contribution is -2.50. The van der Waals surface area contributed by atoms with Crippen LogP contribution in [0, 0.1) is 13.8 Å². The SMILES string of the molecule is CCN(C(=O)c1cc(C)nnc1C)C1CC2CCC(C1)N2. The normalized spacial score (nSPS) is 27.7. The molecule has 5 heteroatoms. The van der Waals surface area contributed by atoms with Crippen molar-refractivity contribution in [3.8, 4) is 0 Å². The number of aryl methyl sites for hydroxylation is 2. The van der Waals surface area contributed by atoms with Crippen LogP contribution in [0.15, 0.2) is 6.07 Å². The minimum atomic E-state index is 0.110. The highest BCUT2D eigenvalue weighted by Gasteiger charge is 2.37. The Labute approximate surface area is 126 Å². The fourth-order valence-corrected chi connectivity index (χ4v) is 3.77. The van der Waals surface area contributed by atoms with Crippen LogP contribution in [0.25, 0.3) is 0 Å². The first kappa shape index (κ1) is 14.4. The second-order valence-electron chi connectivity index (χ2n) is 6.34. The van der Waals surface area contributed by atoms with E-state index in [1.165, 1.54) is 12.8 Å². The van der Waals surface area contributed by atoms with Crippen LogP contribution >= 0.6 is 0 Å². The van der Waals surface area contributed by atoms with Gasteiger partial charge in [-0.1, -0.05) is 0 Å². The number of carbonyl (C=O) groups is 1. The molecule has 1 N–H and O–H groups in total. The van der Waals surface area contributed by atoms with Crippen molar-refractivity contribution in [2.75, 3.05) is 6.54 Å². The minimum absolute atomic E-state index is 0.110. The third-order valence-corrected chi connectivity index (χ3v) is 4.82. The van der Waals surface area contributed by atoms with Crippen molar-refractivity contribution < 1.29 is 4.79 Å². The van der Waals surface area contributed by atoms with Crippen LogP contribution in [0.3, 0.4) is 0 Å². The number of amides is 1. The number of nitrogens with zero attached hydrogens (tertiary/aromatic N) is 3. The van der Waals surface area contributed by atoms with Gasteiger partial charge in [0.25, 0.3) is 5.91 Å². The number of rotatable bonds is 3. The fourth-order valence-electron chi connectivity index (χ4n) is 3.77. The smallest absolute Gasteiger partial charge is 0.256 e. The van der Waals surface area contributed by atoms with Gasteiger partial charge in [-0.2, -0.15) is 10.2 Å². The highest BCUT2D eigenvalue weighted by Crippen LogP contribution is 2.30. The van der Waals surface area contributed by atoms with Crippen LogP contribution in [0.4, 0.5) is 0 Å². The summed E-state index contributed by atoms with van der Waals surface area (Å²) in [4.78, 5) is 15.0. The van der Waals surface area contributed by atoms with Gasteiger partial charge in [-0.3, -0.25) is 4.79 Å². The molecule has 0 saturated carbocycles. The lowest BCUT2D eigenvalue weighted by atomic mass is 9.97. The lowest BCUT2D eigenvalue weighted by molar-refractivity contribution is 0.0629. The average molecular weight is 288 g/mol. The molecule has 2 aliphatic rings. The molecule has 0 aromatic carbocycles. The third-order valence-electron chi connectivity index (χ3n) is 4.82. The van der Waals surface area contributed by atoms with Gasteiger partial charge in [-0.15, -0.1) is 0 Å². The van der Waals surface area contributed by atoms with E-state index < -0.39 is 0 Å². The van der Waals surface area contributed by atoms with E-state index in [9.17, 15) is 4.79 Å². The first-order valence-electron chi connectivity index (χ1n) is 7.96. The molecule has 114 valence electrons. The van der Waals surface area contributed by atoms with Crippen molar-refractivity contribution in [1.29, 1.82) is 0 Å². The first-order valence-corrected chi connectivity index (χ1v) is 7.96. The van der Waals surface area contributed by atoms with E-state index in [1.807, 2.05) is 24.8 Å². The Morgan fingerprint density at radius 2 is 1.95 bits per heavy atom. The van der Waals surface area contributed by atoms with E-state index in [0.29, 0.717) is 23.7 Å². The van der Waals surface area contributed by atoms with Crippen LogP contribution in [0.1, 0.15) is 54.4 Å². The molecule has 21 heavy (non-hydrogen) atoms. The lowest BCUT2D eigenvalue weighted by Gasteiger charge is -2.37. The molecule has 3 heterocycles. The quantitative estimate of drug-likeness (QED) is 0.922. The van der Waals surface area contributed by atoms with Crippen LogP contribution < -0.4 is 5.32 Å². The highest BCUT2D eigenvalue weighted by molar-refractivity contribution is 5.95. The van der Waals surface area contributed by atoms with Gasteiger partial charge in [0.05, 0.1) is 17.0 Å². The molecular formula is C16H24N4O. The van der Waals surface area contributed by atoms with Gasteiger partial charge >= 0.3 is 0 Å². The van der Waals surface area contributed by atoms with E-state index in [4.69, 9.17) is 0 Å². The second kappa shape index (κ2) is 5.72. The standard InChI is InChI=1S/C16H24N4O/c1-4-20(14-8-12-5-6-13(9-14)17-12)16(21)15-7-10(2)18-19-11(15)3/h7,12-14,17H,4-6,8-9H2,1-3H3. The Balaban J connectivity index is 1.82. The van der Waals surface area contributed by atoms with Crippen molar-refractivity contribution in [1.82, 2.24) is 20.4 Å². The van der Waals surface area contributed by atoms with Crippen LogP contribution in [0.2, 0.25) is 0 Å². The van der Waals surface area contributed by atoms with Gasteiger partial charge in [0, 0.05) is 24.7 Å². The predicted molar refractivity (Wildman–Crippen MR) is 81.2 cm³/mol. The molecule has 0 aliphatic carbocycles. The largest absolute Gasteiger partial charge is 0.336 e. The number of aromatic nitrogens is 2. The maximum atomic E-state index is 12.9. The van der Waals surface area contributed by atoms with Crippen molar-refractivity contribution in [3.05, 3.63) is 23.0 Å². The Kier molecular flexibility index (Phi) is 3.93. The van der Waals surface area contributed by atoms with Gasteiger partial charge < -0.3 is 10.2 Å². The molecule has 2 unspecified atom stereocenters. The summed E-state index contributed by atoms with van der Waals surface area (Å²) in [7, 11) is 0. The monoisotopic (exact) mass is 288 g/mol. The van der Waals surface area contributed by atoms with Gasteiger partial charge in [-0.05, 0) is 52.5 Å². The molecule has 2 aliphatic heterocycles. The predicted octanol–water partition coefficient (Wildman–Crippen LogP) is 1.84. The van der Waals surface area contributed by atoms with E-state index in [2.05, 4.69) is 22.4 Å². The van der Waals surface area contributed by atoms with Gasteiger partial charge in [0.2, 0.25) is 0 Å². The van der Waals surface area contributed by atoms with Crippen LogP contribution in [0.5, 0.6) is 0 Å². The van der Waals surface area contributed by atoms with E-state index in [-0.39, 0.29) is 5.91 Å². The molecule has 2 bridgehead atoms. The Morgan fingerprint density at radius 3 is 2.57 bits per heavy atom. The summed E-state index contributed by atoms with van der Waals surface area (Å²) in [5.41, 5.74) is 2.22. The number of hydrogen-bond donors (Lipinski definition) is 1. The average Bonchev–Trinajstić information content (AvgIpc) is 2.81. The number of hydrogen-bond acceptors (Lipinski definition) is 4. The molecule has 5 nitrogen and oxygen atoms in total. The summed E-state index contributed by atoms with van der Waals surface area (Å²) in [6.45, 7) is 6.56. The summed E-state index contributed by atoms with van der Waals surface area (Å²) in [5.74, 6) is 0.110. The van der Waals surface area contributed by atoms with Gasteiger partial charge in [0.15, 0.2) is 0 Å². The van der Waals surface area contributed by atoms with Crippen molar-refractivity contribution >= 4 is 5.91 Å². The number of fused-ring (bicyclic) bond motifs is 2. The zero-order valence-electron chi connectivity index (χ0n) is 13.1. The van der Waals surface area contributed by atoms with Crippen molar-refractivity contribution in [2.24, 2.45) is 0 Å². The van der Waals surface area contributed by atoms with Gasteiger partial charge in [0.1, 0.15) is 0 Å². The zero-order chi connectivity index (χ0) is 15.0. The van der Waals surface area contributed by atoms with Crippen molar-refractivity contribution in [2.45, 2.75) is 64.6 Å². The van der Waals surface area contributed by atoms with E-state index in [1.54, 1.807) is 0 Å². The number of carbonyl (C=O) groups excluding carboxylic acids is 1. The molecule has 2 fully saturated rings. The fraction of sp³-hybridized carbons (Fsp3) is 0.688.